The number of nitriles is 1. The molecule has 1 aliphatic rings. The van der Waals surface area contributed by atoms with Crippen molar-refractivity contribution < 1.29 is 14.3 Å². The Labute approximate surface area is 135 Å². The number of hydrogen-bond donors (Lipinski definition) is 2. The molecular weight excluding hydrogens is 296 g/mol. The summed E-state index contributed by atoms with van der Waals surface area (Å²) in [6.07, 6.45) is 2.49. The molecule has 7 nitrogen and oxygen atoms in total. The zero-order valence-corrected chi connectivity index (χ0v) is 13.9. The van der Waals surface area contributed by atoms with Crippen molar-refractivity contribution in [3.05, 3.63) is 17.3 Å². The number of ether oxygens (including phenoxy) is 1. The molecule has 1 aromatic rings. The lowest BCUT2D eigenvalue weighted by atomic mass is 10.2. The summed E-state index contributed by atoms with van der Waals surface area (Å²) in [6.45, 7) is 7.64. The molecule has 1 fully saturated rings. The molecule has 0 unspecified atom stereocenters. The zero-order chi connectivity index (χ0) is 17.2. The summed E-state index contributed by atoms with van der Waals surface area (Å²) in [5, 5.41) is 11.8. The molecule has 2 amide bonds. The predicted molar refractivity (Wildman–Crippen MR) is 84.8 cm³/mol. The molecule has 7 heteroatoms. The number of nitrogens with zero attached hydrogens (tertiary/aromatic N) is 2. The summed E-state index contributed by atoms with van der Waals surface area (Å²) in [7, 11) is 0. The fraction of sp³-hybridized carbons (Fsp3) is 0.562. The van der Waals surface area contributed by atoms with Crippen LogP contribution in [0.1, 0.15) is 44.7 Å². The molecule has 2 heterocycles. The van der Waals surface area contributed by atoms with Crippen LogP contribution in [0.5, 0.6) is 0 Å². The van der Waals surface area contributed by atoms with Gasteiger partial charge in [0.1, 0.15) is 23.5 Å². The third-order valence-electron chi connectivity index (χ3n) is 3.62. The summed E-state index contributed by atoms with van der Waals surface area (Å²) in [4.78, 5) is 29.0. The molecule has 2 N–H and O–H groups in total. The highest BCUT2D eigenvalue weighted by atomic mass is 16.6. The van der Waals surface area contributed by atoms with Crippen LogP contribution >= 0.6 is 0 Å². The maximum atomic E-state index is 12.5. The van der Waals surface area contributed by atoms with Gasteiger partial charge in [-0.1, -0.05) is 0 Å². The van der Waals surface area contributed by atoms with E-state index in [-0.39, 0.29) is 5.91 Å². The van der Waals surface area contributed by atoms with Crippen LogP contribution in [0.25, 0.3) is 0 Å². The number of aryl methyl sites for hydroxylation is 1. The molecule has 0 aromatic carbocycles. The first-order chi connectivity index (χ1) is 10.7. The van der Waals surface area contributed by atoms with E-state index in [0.717, 1.165) is 12.0 Å². The minimum absolute atomic E-state index is 0.313. The van der Waals surface area contributed by atoms with E-state index >= 15 is 0 Å². The van der Waals surface area contributed by atoms with Gasteiger partial charge >= 0.3 is 6.09 Å². The number of amides is 2. The minimum Gasteiger partial charge on any atom is -0.444 e. The SMILES string of the molecule is Cc1c[nH]c(NC(=O)[C@@H]2CCCN2C(=O)OC(C)(C)C)c1C#N. The van der Waals surface area contributed by atoms with Crippen molar-refractivity contribution in [1.29, 1.82) is 5.26 Å². The Morgan fingerprint density at radius 1 is 1.48 bits per heavy atom. The van der Waals surface area contributed by atoms with E-state index in [1.807, 2.05) is 0 Å². The molecule has 0 aliphatic carbocycles. The second-order valence-corrected chi connectivity index (χ2v) is 6.65. The van der Waals surface area contributed by atoms with Gasteiger partial charge in [-0.3, -0.25) is 9.69 Å². The highest BCUT2D eigenvalue weighted by Gasteiger charge is 2.36. The summed E-state index contributed by atoms with van der Waals surface area (Å²) in [6, 6.07) is 1.47. The lowest BCUT2D eigenvalue weighted by Crippen LogP contribution is -2.45. The summed E-state index contributed by atoms with van der Waals surface area (Å²) >= 11 is 0. The third kappa shape index (κ3) is 3.83. The van der Waals surface area contributed by atoms with Gasteiger partial charge in [-0.2, -0.15) is 5.26 Å². The molecule has 1 saturated heterocycles. The Hall–Kier alpha value is -2.49. The maximum absolute atomic E-state index is 12.5. The van der Waals surface area contributed by atoms with Gasteiger partial charge < -0.3 is 15.0 Å². The van der Waals surface area contributed by atoms with Crippen molar-refractivity contribution in [1.82, 2.24) is 9.88 Å². The lowest BCUT2D eigenvalue weighted by molar-refractivity contribution is -0.120. The van der Waals surface area contributed by atoms with E-state index in [4.69, 9.17) is 10.00 Å². The fourth-order valence-electron chi connectivity index (χ4n) is 2.55. The van der Waals surface area contributed by atoms with Gasteiger partial charge in [-0.25, -0.2) is 4.79 Å². The zero-order valence-electron chi connectivity index (χ0n) is 13.9. The Balaban J connectivity index is 2.09. The average molecular weight is 318 g/mol. The minimum atomic E-state index is -0.606. The normalized spacial score (nSPS) is 17.7. The van der Waals surface area contributed by atoms with Crippen molar-refractivity contribution in [3.8, 4) is 6.07 Å². The van der Waals surface area contributed by atoms with Crippen molar-refractivity contribution in [3.63, 3.8) is 0 Å². The Morgan fingerprint density at radius 2 is 2.17 bits per heavy atom. The maximum Gasteiger partial charge on any atom is 0.410 e. The summed E-state index contributed by atoms with van der Waals surface area (Å²) in [5.41, 5.74) is 0.559. The topological polar surface area (TPSA) is 98.2 Å². The third-order valence-corrected chi connectivity index (χ3v) is 3.62. The van der Waals surface area contributed by atoms with Gasteiger partial charge in [0, 0.05) is 12.7 Å². The van der Waals surface area contributed by atoms with Crippen molar-refractivity contribution in [2.24, 2.45) is 0 Å². The molecule has 1 aromatic heterocycles. The molecule has 0 bridgehead atoms. The number of hydrogen-bond acceptors (Lipinski definition) is 4. The van der Waals surface area contributed by atoms with Gasteiger partial charge in [-0.05, 0) is 46.1 Å². The molecule has 124 valence electrons. The number of aromatic amines is 1. The second kappa shape index (κ2) is 6.32. The van der Waals surface area contributed by atoms with Crippen molar-refractivity contribution >= 4 is 17.8 Å². The van der Waals surface area contributed by atoms with Crippen LogP contribution < -0.4 is 5.32 Å². The van der Waals surface area contributed by atoms with Crippen LogP contribution in [0.3, 0.4) is 0 Å². The molecule has 1 aliphatic heterocycles. The van der Waals surface area contributed by atoms with E-state index in [1.54, 1.807) is 33.9 Å². The average Bonchev–Trinajstić information content (AvgIpc) is 3.04. The highest BCUT2D eigenvalue weighted by Crippen LogP contribution is 2.23. The van der Waals surface area contributed by atoms with E-state index < -0.39 is 17.7 Å². The summed E-state index contributed by atoms with van der Waals surface area (Å²) < 4.78 is 5.35. The molecule has 0 spiro atoms. The molecule has 0 saturated carbocycles. The number of aromatic nitrogens is 1. The number of carbonyl (C=O) groups is 2. The van der Waals surface area contributed by atoms with Crippen LogP contribution in [0.4, 0.5) is 10.6 Å². The van der Waals surface area contributed by atoms with E-state index in [1.165, 1.54) is 4.90 Å². The smallest absolute Gasteiger partial charge is 0.410 e. The molecule has 23 heavy (non-hydrogen) atoms. The molecule has 0 radical (unpaired) electrons. The number of H-pyrrole nitrogens is 1. The lowest BCUT2D eigenvalue weighted by Gasteiger charge is -2.27. The number of likely N-dealkylation sites (tertiary alicyclic amines) is 1. The van der Waals surface area contributed by atoms with Gasteiger partial charge in [0.15, 0.2) is 0 Å². The second-order valence-electron chi connectivity index (χ2n) is 6.65. The van der Waals surface area contributed by atoms with Gasteiger partial charge in [0.2, 0.25) is 5.91 Å². The van der Waals surface area contributed by atoms with E-state index in [0.29, 0.717) is 24.3 Å². The summed E-state index contributed by atoms with van der Waals surface area (Å²) in [5.74, 6) is 0.0535. The van der Waals surface area contributed by atoms with Crippen LogP contribution in [-0.4, -0.2) is 40.1 Å². The van der Waals surface area contributed by atoms with Crippen molar-refractivity contribution in [2.45, 2.75) is 52.2 Å². The van der Waals surface area contributed by atoms with Gasteiger partial charge in [0.25, 0.3) is 0 Å². The molecular formula is C16H22N4O3. The first-order valence-electron chi connectivity index (χ1n) is 7.61. The predicted octanol–water partition coefficient (Wildman–Crippen LogP) is 2.53. The number of nitrogens with one attached hydrogen (secondary N) is 2. The number of carbonyl (C=O) groups excluding carboxylic acids is 2. The highest BCUT2D eigenvalue weighted by molar-refractivity contribution is 5.97. The fourth-order valence-corrected chi connectivity index (χ4v) is 2.55. The Kier molecular flexibility index (Phi) is 4.64. The first kappa shape index (κ1) is 16.9. The molecule has 2 rings (SSSR count). The van der Waals surface area contributed by atoms with Crippen molar-refractivity contribution in [2.75, 3.05) is 11.9 Å². The molecule has 1 atom stereocenters. The van der Waals surface area contributed by atoms with Crippen LogP contribution in [0.2, 0.25) is 0 Å². The van der Waals surface area contributed by atoms with Gasteiger partial charge in [0.05, 0.1) is 5.56 Å². The quantitative estimate of drug-likeness (QED) is 0.875. The van der Waals surface area contributed by atoms with Crippen LogP contribution in [0.15, 0.2) is 6.20 Å². The van der Waals surface area contributed by atoms with Crippen LogP contribution in [-0.2, 0) is 9.53 Å². The Morgan fingerprint density at radius 3 is 2.78 bits per heavy atom. The Bertz CT molecular complexity index is 651. The van der Waals surface area contributed by atoms with Gasteiger partial charge in [-0.15, -0.1) is 0 Å². The number of rotatable bonds is 2. The monoisotopic (exact) mass is 318 g/mol. The van der Waals surface area contributed by atoms with Crippen LogP contribution in [0, 0.1) is 18.3 Å². The standard InChI is InChI=1S/C16H22N4O3/c1-10-9-18-13(11(10)8-17)19-14(21)12-6-5-7-20(12)15(22)23-16(2,3)4/h9,12,18H,5-7H2,1-4H3,(H,19,21)/t12-/m0/s1. The number of anilines is 1. The van der Waals surface area contributed by atoms with E-state index in [9.17, 15) is 9.59 Å². The largest absolute Gasteiger partial charge is 0.444 e. The van der Waals surface area contributed by atoms with E-state index in [2.05, 4.69) is 16.4 Å². The first-order valence-corrected chi connectivity index (χ1v) is 7.61.